The Balaban J connectivity index is 2.08. The molecule has 1 aromatic carbocycles. The van der Waals surface area contributed by atoms with E-state index in [9.17, 15) is 10.1 Å². The van der Waals surface area contributed by atoms with Crippen LogP contribution in [0, 0.1) is 10.1 Å². The highest BCUT2D eigenvalue weighted by molar-refractivity contribution is 7.14. The third-order valence-electron chi connectivity index (χ3n) is 3.31. The van der Waals surface area contributed by atoms with Crippen molar-refractivity contribution < 1.29 is 4.92 Å². The van der Waals surface area contributed by atoms with Gasteiger partial charge in [0.05, 0.1) is 4.92 Å². The average molecular weight is 263 g/mol. The van der Waals surface area contributed by atoms with Crippen molar-refractivity contribution in [1.82, 2.24) is 4.37 Å². The molecule has 0 atom stereocenters. The standard InChI is InChI=1S/C12H13N3O2S/c16-15(17)10-6-4-5-9-11(10)18-13-12(9)14-7-2-1-3-8-14/h4-6H,1-3,7-8H2. The maximum absolute atomic E-state index is 11.0. The molecule has 0 unspecified atom stereocenters. The summed E-state index contributed by atoms with van der Waals surface area (Å²) in [5, 5.41) is 11.9. The van der Waals surface area contributed by atoms with E-state index >= 15 is 0 Å². The summed E-state index contributed by atoms with van der Waals surface area (Å²) in [6, 6.07) is 5.21. The molecule has 0 saturated carbocycles. The van der Waals surface area contributed by atoms with E-state index in [0.29, 0.717) is 4.70 Å². The lowest BCUT2D eigenvalue weighted by Gasteiger charge is -2.26. The highest BCUT2D eigenvalue weighted by Crippen LogP contribution is 2.36. The summed E-state index contributed by atoms with van der Waals surface area (Å²) in [4.78, 5) is 12.9. The Labute approximate surface area is 108 Å². The van der Waals surface area contributed by atoms with Gasteiger partial charge in [-0.2, -0.15) is 4.37 Å². The third-order valence-corrected chi connectivity index (χ3v) is 4.19. The number of nitro groups is 1. The molecule has 0 spiro atoms. The van der Waals surface area contributed by atoms with Crippen LogP contribution in [-0.4, -0.2) is 22.4 Å². The zero-order valence-corrected chi connectivity index (χ0v) is 10.7. The maximum Gasteiger partial charge on any atom is 0.288 e. The Bertz CT molecular complexity index is 590. The number of piperidine rings is 1. The number of fused-ring (bicyclic) bond motifs is 1. The first-order valence-electron chi connectivity index (χ1n) is 6.05. The van der Waals surface area contributed by atoms with Crippen molar-refractivity contribution >= 4 is 33.1 Å². The second kappa shape index (κ2) is 4.53. The number of anilines is 1. The molecule has 1 aliphatic heterocycles. The van der Waals surface area contributed by atoms with Crippen molar-refractivity contribution in [3.05, 3.63) is 28.3 Å². The van der Waals surface area contributed by atoms with Gasteiger partial charge in [0.2, 0.25) is 0 Å². The molecule has 0 radical (unpaired) electrons. The molecule has 18 heavy (non-hydrogen) atoms. The first kappa shape index (κ1) is 11.4. The molecule has 3 rings (SSSR count). The largest absolute Gasteiger partial charge is 0.355 e. The molecular formula is C12H13N3O2S. The minimum Gasteiger partial charge on any atom is -0.355 e. The van der Waals surface area contributed by atoms with Crippen LogP contribution in [0.25, 0.3) is 10.1 Å². The summed E-state index contributed by atoms with van der Waals surface area (Å²) in [5.41, 5.74) is 0.160. The van der Waals surface area contributed by atoms with E-state index in [4.69, 9.17) is 0 Å². The van der Waals surface area contributed by atoms with Crippen molar-refractivity contribution in [2.24, 2.45) is 0 Å². The zero-order valence-electron chi connectivity index (χ0n) is 9.83. The van der Waals surface area contributed by atoms with Crippen LogP contribution in [0.4, 0.5) is 11.5 Å². The quantitative estimate of drug-likeness (QED) is 0.616. The molecule has 6 heteroatoms. The van der Waals surface area contributed by atoms with Crippen LogP contribution in [0.5, 0.6) is 0 Å². The summed E-state index contributed by atoms with van der Waals surface area (Å²) in [7, 11) is 0. The molecule has 0 aliphatic carbocycles. The fourth-order valence-electron chi connectivity index (χ4n) is 2.41. The monoisotopic (exact) mass is 263 g/mol. The van der Waals surface area contributed by atoms with Crippen LogP contribution in [0.2, 0.25) is 0 Å². The second-order valence-corrected chi connectivity index (χ2v) is 5.24. The number of aromatic nitrogens is 1. The van der Waals surface area contributed by atoms with Crippen molar-refractivity contribution in [3.63, 3.8) is 0 Å². The number of nitro benzene ring substituents is 1. The second-order valence-electron chi connectivity index (χ2n) is 4.46. The number of benzene rings is 1. The maximum atomic E-state index is 11.0. The lowest BCUT2D eigenvalue weighted by Crippen LogP contribution is -2.29. The van der Waals surface area contributed by atoms with Crippen LogP contribution in [0.15, 0.2) is 18.2 Å². The molecule has 1 fully saturated rings. The van der Waals surface area contributed by atoms with Gasteiger partial charge in [0.15, 0.2) is 0 Å². The first-order valence-corrected chi connectivity index (χ1v) is 6.82. The van der Waals surface area contributed by atoms with Crippen LogP contribution >= 0.6 is 11.5 Å². The van der Waals surface area contributed by atoms with Gasteiger partial charge >= 0.3 is 0 Å². The summed E-state index contributed by atoms with van der Waals surface area (Å²) in [6.07, 6.45) is 3.61. The van der Waals surface area contributed by atoms with Crippen molar-refractivity contribution in [2.75, 3.05) is 18.0 Å². The summed E-state index contributed by atoms with van der Waals surface area (Å²) >= 11 is 1.23. The smallest absolute Gasteiger partial charge is 0.288 e. The van der Waals surface area contributed by atoms with Gasteiger partial charge in [-0.05, 0) is 36.9 Å². The number of rotatable bonds is 2. The van der Waals surface area contributed by atoms with Crippen molar-refractivity contribution in [3.8, 4) is 0 Å². The van der Waals surface area contributed by atoms with Crippen LogP contribution in [0.1, 0.15) is 19.3 Å². The summed E-state index contributed by atoms with van der Waals surface area (Å²) < 4.78 is 5.11. The molecule has 5 nitrogen and oxygen atoms in total. The molecule has 1 aromatic heterocycles. The van der Waals surface area contributed by atoms with E-state index in [1.54, 1.807) is 12.1 Å². The zero-order chi connectivity index (χ0) is 12.5. The Kier molecular flexibility index (Phi) is 2.87. The number of non-ortho nitro benzene ring substituents is 1. The van der Waals surface area contributed by atoms with Gasteiger partial charge in [-0.3, -0.25) is 10.1 Å². The predicted octanol–water partition coefficient (Wildman–Crippen LogP) is 3.19. The van der Waals surface area contributed by atoms with E-state index in [0.717, 1.165) is 24.3 Å². The van der Waals surface area contributed by atoms with Crippen LogP contribution in [-0.2, 0) is 0 Å². The fraction of sp³-hybridized carbons (Fsp3) is 0.417. The lowest BCUT2D eigenvalue weighted by molar-refractivity contribution is -0.382. The highest BCUT2D eigenvalue weighted by atomic mass is 32.1. The molecule has 2 aromatic rings. The Morgan fingerprint density at radius 2 is 2.06 bits per heavy atom. The molecule has 1 aliphatic rings. The van der Waals surface area contributed by atoms with Gasteiger partial charge in [0.25, 0.3) is 5.69 Å². The van der Waals surface area contributed by atoms with Gasteiger partial charge < -0.3 is 4.90 Å². The van der Waals surface area contributed by atoms with Gasteiger partial charge in [-0.1, -0.05) is 6.07 Å². The molecule has 94 valence electrons. The van der Waals surface area contributed by atoms with E-state index < -0.39 is 0 Å². The van der Waals surface area contributed by atoms with Gasteiger partial charge in [-0.25, -0.2) is 0 Å². The first-order chi connectivity index (χ1) is 8.77. The van der Waals surface area contributed by atoms with Gasteiger partial charge in [0, 0.05) is 24.5 Å². The lowest BCUT2D eigenvalue weighted by atomic mass is 10.1. The predicted molar refractivity (Wildman–Crippen MR) is 72.3 cm³/mol. The Morgan fingerprint density at radius 3 is 2.78 bits per heavy atom. The Hall–Kier alpha value is -1.69. The van der Waals surface area contributed by atoms with Gasteiger partial charge in [-0.15, -0.1) is 0 Å². The van der Waals surface area contributed by atoms with Gasteiger partial charge in [0.1, 0.15) is 10.5 Å². The minimum absolute atomic E-state index is 0.160. The van der Waals surface area contributed by atoms with E-state index in [-0.39, 0.29) is 10.6 Å². The molecule has 1 saturated heterocycles. The fourth-order valence-corrected chi connectivity index (χ4v) is 3.30. The molecule has 0 N–H and O–H groups in total. The number of hydrogen-bond donors (Lipinski definition) is 0. The average Bonchev–Trinajstić information content (AvgIpc) is 2.83. The van der Waals surface area contributed by atoms with Crippen LogP contribution < -0.4 is 4.90 Å². The van der Waals surface area contributed by atoms with Crippen molar-refractivity contribution in [2.45, 2.75) is 19.3 Å². The SMILES string of the molecule is O=[N+]([O-])c1cccc2c(N3CCCCC3)nsc12. The molecule has 0 bridgehead atoms. The number of nitrogens with zero attached hydrogens (tertiary/aromatic N) is 3. The highest BCUT2D eigenvalue weighted by Gasteiger charge is 2.21. The Morgan fingerprint density at radius 1 is 1.28 bits per heavy atom. The van der Waals surface area contributed by atoms with E-state index in [2.05, 4.69) is 9.27 Å². The third kappa shape index (κ3) is 1.82. The summed E-state index contributed by atoms with van der Waals surface area (Å²) in [5.74, 6) is 0.915. The number of hydrogen-bond acceptors (Lipinski definition) is 5. The summed E-state index contributed by atoms with van der Waals surface area (Å²) in [6.45, 7) is 2.00. The molecular weight excluding hydrogens is 250 g/mol. The molecule has 0 amide bonds. The van der Waals surface area contributed by atoms with E-state index in [1.165, 1.54) is 30.8 Å². The molecule has 2 heterocycles. The van der Waals surface area contributed by atoms with E-state index in [1.807, 2.05) is 6.07 Å². The van der Waals surface area contributed by atoms with Crippen LogP contribution in [0.3, 0.4) is 0 Å². The minimum atomic E-state index is -0.333. The topological polar surface area (TPSA) is 59.3 Å². The van der Waals surface area contributed by atoms with Crippen molar-refractivity contribution in [1.29, 1.82) is 0 Å². The normalized spacial score (nSPS) is 16.1.